The number of likely N-dealkylation sites (tertiary alicyclic amines) is 1. The molecule has 0 saturated carbocycles. The molecule has 0 aliphatic carbocycles. The summed E-state index contributed by atoms with van der Waals surface area (Å²) in [4.78, 5) is 25.1. The fourth-order valence-corrected chi connectivity index (χ4v) is 3.41. The number of amidine groups is 1. The lowest BCUT2D eigenvalue weighted by Gasteiger charge is -2.27. The Morgan fingerprint density at radius 3 is 2.26 bits per heavy atom. The van der Waals surface area contributed by atoms with Crippen LogP contribution in [0.4, 0.5) is 0 Å². The molecule has 0 aromatic heterocycles. The summed E-state index contributed by atoms with van der Waals surface area (Å²) >= 11 is 0. The molecule has 0 unspecified atom stereocenters. The molecule has 2 N–H and O–H groups in total. The maximum Gasteiger partial charge on any atom is 0.303 e. The largest absolute Gasteiger partial charge is 0.481 e. The summed E-state index contributed by atoms with van der Waals surface area (Å²) in [5.74, 6) is -0.170. The maximum absolute atomic E-state index is 12.9. The smallest absolute Gasteiger partial charge is 0.303 e. The zero-order valence-corrected chi connectivity index (χ0v) is 14.7. The number of hydrogen-bond donors (Lipinski definition) is 2. The number of aliphatic carboxylic acids is 1. The van der Waals surface area contributed by atoms with Gasteiger partial charge in [0.2, 0.25) is 5.91 Å². The fourth-order valence-electron chi connectivity index (χ4n) is 3.41. The Morgan fingerprint density at radius 2 is 1.74 bits per heavy atom. The van der Waals surface area contributed by atoms with Crippen LogP contribution in [0.5, 0.6) is 0 Å². The second-order valence-electron chi connectivity index (χ2n) is 6.77. The third-order valence-electron chi connectivity index (χ3n) is 4.82. The number of nitrogens with zero attached hydrogens (tertiary/aromatic N) is 1. The summed E-state index contributed by atoms with van der Waals surface area (Å²) in [5.41, 5.74) is -0.343. The Balaban J connectivity index is 2.59. The molecule has 5 nitrogen and oxygen atoms in total. The minimum Gasteiger partial charge on any atom is -0.481 e. The maximum atomic E-state index is 12.9. The van der Waals surface area contributed by atoms with Crippen molar-refractivity contribution in [3.8, 4) is 0 Å². The quantitative estimate of drug-likeness (QED) is 0.528. The number of unbranched alkanes of at least 4 members (excludes halogenated alkanes) is 4. The average Bonchev–Trinajstić information content (AvgIpc) is 2.74. The van der Waals surface area contributed by atoms with Crippen molar-refractivity contribution in [2.45, 2.75) is 84.5 Å². The predicted octanol–water partition coefficient (Wildman–Crippen LogP) is 4.21. The van der Waals surface area contributed by atoms with Gasteiger partial charge in [-0.1, -0.05) is 46.0 Å². The van der Waals surface area contributed by atoms with Crippen LogP contribution in [-0.2, 0) is 9.59 Å². The number of amides is 1. The lowest BCUT2D eigenvalue weighted by Crippen LogP contribution is -2.36. The molecule has 1 rings (SSSR count). The van der Waals surface area contributed by atoms with Gasteiger partial charge in [-0.3, -0.25) is 15.0 Å². The van der Waals surface area contributed by atoms with Crippen molar-refractivity contribution in [2.24, 2.45) is 5.41 Å². The van der Waals surface area contributed by atoms with Gasteiger partial charge in [0.25, 0.3) is 0 Å². The molecule has 0 bridgehead atoms. The van der Waals surface area contributed by atoms with Gasteiger partial charge >= 0.3 is 5.97 Å². The number of rotatable bonds is 12. The molecule has 0 aromatic carbocycles. The molecule has 132 valence electrons. The van der Waals surface area contributed by atoms with Gasteiger partial charge in [-0.15, -0.1) is 0 Å². The van der Waals surface area contributed by atoms with Crippen LogP contribution in [0.1, 0.15) is 84.5 Å². The van der Waals surface area contributed by atoms with Gasteiger partial charge in [-0.05, 0) is 25.7 Å². The van der Waals surface area contributed by atoms with Crippen LogP contribution in [0.3, 0.4) is 0 Å². The van der Waals surface area contributed by atoms with Crippen LogP contribution in [0.25, 0.3) is 0 Å². The molecule has 0 radical (unpaired) electrons. The van der Waals surface area contributed by atoms with Crippen LogP contribution in [-0.4, -0.2) is 34.3 Å². The summed E-state index contributed by atoms with van der Waals surface area (Å²) in [6, 6.07) is 0. The van der Waals surface area contributed by atoms with Gasteiger partial charge in [0.15, 0.2) is 0 Å². The molecule has 1 amide bonds. The molecule has 1 aliphatic rings. The third-order valence-corrected chi connectivity index (χ3v) is 4.82. The van der Waals surface area contributed by atoms with Crippen LogP contribution < -0.4 is 0 Å². The Morgan fingerprint density at radius 1 is 1.13 bits per heavy atom. The van der Waals surface area contributed by atoms with Crippen molar-refractivity contribution in [3.05, 3.63) is 0 Å². The number of nitrogens with one attached hydrogen (secondary N) is 1. The number of hydrogen-bond acceptors (Lipinski definition) is 3. The van der Waals surface area contributed by atoms with Crippen molar-refractivity contribution in [3.63, 3.8) is 0 Å². The summed E-state index contributed by atoms with van der Waals surface area (Å²) in [6.45, 7) is 4.84. The monoisotopic (exact) mass is 324 g/mol. The first-order valence-corrected chi connectivity index (χ1v) is 9.08. The average molecular weight is 324 g/mol. The van der Waals surface area contributed by atoms with Gasteiger partial charge in [-0.25, -0.2) is 0 Å². The van der Waals surface area contributed by atoms with Gasteiger partial charge < -0.3 is 10.0 Å². The molecule has 0 aromatic rings. The highest BCUT2D eigenvalue weighted by Crippen LogP contribution is 2.42. The number of carbonyl (C=O) groups is 2. The highest BCUT2D eigenvalue weighted by atomic mass is 16.4. The van der Waals surface area contributed by atoms with Crippen LogP contribution >= 0.6 is 0 Å². The highest BCUT2D eigenvalue weighted by molar-refractivity contribution is 6.07. The van der Waals surface area contributed by atoms with E-state index in [1.807, 2.05) is 0 Å². The fraction of sp³-hybridized carbons (Fsp3) is 0.833. The lowest BCUT2D eigenvalue weighted by molar-refractivity contribution is -0.137. The molecule has 23 heavy (non-hydrogen) atoms. The second-order valence-corrected chi connectivity index (χ2v) is 6.77. The van der Waals surface area contributed by atoms with E-state index in [9.17, 15) is 9.59 Å². The SMILES string of the molecule is CCCCC1(CCCC)CC(=N)N(CCCCCC(=O)O)C1=O. The molecule has 1 aliphatic heterocycles. The van der Waals surface area contributed by atoms with E-state index in [4.69, 9.17) is 10.5 Å². The Kier molecular flexibility index (Phi) is 8.28. The van der Waals surface area contributed by atoms with Gasteiger partial charge in [0.1, 0.15) is 5.84 Å². The van der Waals surface area contributed by atoms with Crippen LogP contribution in [0, 0.1) is 10.8 Å². The summed E-state index contributed by atoms with van der Waals surface area (Å²) in [6.07, 6.45) is 8.97. The lowest BCUT2D eigenvalue weighted by atomic mass is 9.77. The topological polar surface area (TPSA) is 81.5 Å². The number of carbonyl (C=O) groups excluding carboxylic acids is 1. The molecular formula is C18H32N2O3. The van der Waals surface area contributed by atoms with E-state index in [0.717, 1.165) is 51.4 Å². The normalized spacial score (nSPS) is 17.0. The van der Waals surface area contributed by atoms with Crippen molar-refractivity contribution < 1.29 is 14.7 Å². The molecule has 1 heterocycles. The predicted molar refractivity (Wildman–Crippen MR) is 91.6 cm³/mol. The molecule has 1 fully saturated rings. The Labute approximate surface area is 139 Å². The Hall–Kier alpha value is -1.39. The molecule has 0 spiro atoms. The first-order chi connectivity index (χ1) is 11.0. The summed E-state index contributed by atoms with van der Waals surface area (Å²) in [5, 5.41) is 16.9. The van der Waals surface area contributed by atoms with E-state index in [2.05, 4.69) is 13.8 Å². The van der Waals surface area contributed by atoms with E-state index in [-0.39, 0.29) is 17.7 Å². The minimum absolute atomic E-state index is 0.141. The van der Waals surface area contributed by atoms with Crippen LogP contribution in [0.2, 0.25) is 0 Å². The number of carboxylic acid groups (broad SMARTS) is 1. The summed E-state index contributed by atoms with van der Waals surface area (Å²) < 4.78 is 0. The zero-order valence-electron chi connectivity index (χ0n) is 14.7. The first kappa shape index (κ1) is 19.7. The molecular weight excluding hydrogens is 292 g/mol. The van der Waals surface area contributed by atoms with Gasteiger partial charge in [0.05, 0.1) is 5.41 Å². The van der Waals surface area contributed by atoms with Crippen molar-refractivity contribution in [1.82, 2.24) is 4.90 Å². The highest BCUT2D eigenvalue weighted by Gasteiger charge is 2.48. The zero-order chi connectivity index (χ0) is 17.3. The van der Waals surface area contributed by atoms with E-state index >= 15 is 0 Å². The minimum atomic E-state index is -0.770. The van der Waals surface area contributed by atoms with E-state index in [1.54, 1.807) is 4.90 Å². The van der Waals surface area contributed by atoms with E-state index in [1.165, 1.54) is 0 Å². The van der Waals surface area contributed by atoms with Crippen molar-refractivity contribution in [2.75, 3.05) is 6.54 Å². The van der Waals surface area contributed by atoms with E-state index in [0.29, 0.717) is 25.2 Å². The van der Waals surface area contributed by atoms with Crippen molar-refractivity contribution >= 4 is 17.7 Å². The van der Waals surface area contributed by atoms with Gasteiger partial charge in [0, 0.05) is 19.4 Å². The number of carboxylic acids is 1. The third kappa shape index (κ3) is 5.63. The Bertz CT molecular complexity index is 412. The molecule has 0 atom stereocenters. The van der Waals surface area contributed by atoms with Gasteiger partial charge in [-0.2, -0.15) is 0 Å². The molecule has 5 heteroatoms. The van der Waals surface area contributed by atoms with Crippen LogP contribution in [0.15, 0.2) is 0 Å². The molecule has 1 saturated heterocycles. The standard InChI is InChI=1S/C18H32N2O3/c1-3-5-11-18(12-6-4-2)14-15(19)20(17(18)23)13-9-7-8-10-16(21)22/h19H,3-14H2,1-2H3,(H,21,22). The second kappa shape index (κ2) is 9.68. The summed E-state index contributed by atoms with van der Waals surface area (Å²) in [7, 11) is 0. The van der Waals surface area contributed by atoms with E-state index < -0.39 is 5.97 Å². The first-order valence-electron chi connectivity index (χ1n) is 9.08. The van der Waals surface area contributed by atoms with Crippen molar-refractivity contribution in [1.29, 1.82) is 5.41 Å².